The first-order chi connectivity index (χ1) is 12.5. The van der Waals surface area contributed by atoms with Crippen LogP contribution in [0.25, 0.3) is 11.1 Å². The largest absolute Gasteiger partial charge is 0.352 e. The monoisotopic (exact) mass is 350 g/mol. The number of hydrogen-bond acceptors (Lipinski definition) is 2. The molecule has 138 valence electrons. The summed E-state index contributed by atoms with van der Waals surface area (Å²) < 4.78 is 0. The maximum absolute atomic E-state index is 12.7. The lowest BCUT2D eigenvalue weighted by Crippen LogP contribution is -2.50. The van der Waals surface area contributed by atoms with Gasteiger partial charge in [0.15, 0.2) is 0 Å². The van der Waals surface area contributed by atoms with Crippen LogP contribution >= 0.6 is 0 Å². The second-order valence-corrected chi connectivity index (χ2v) is 7.65. The van der Waals surface area contributed by atoms with Gasteiger partial charge >= 0.3 is 0 Å². The molecule has 1 amide bonds. The highest BCUT2D eigenvalue weighted by Gasteiger charge is 2.25. The molecule has 2 atom stereocenters. The topological polar surface area (TPSA) is 32.3 Å². The highest BCUT2D eigenvalue weighted by atomic mass is 16.1. The number of carbonyl (C=O) groups is 1. The van der Waals surface area contributed by atoms with Gasteiger partial charge in [-0.2, -0.15) is 0 Å². The van der Waals surface area contributed by atoms with Crippen molar-refractivity contribution in [3.63, 3.8) is 0 Å². The summed E-state index contributed by atoms with van der Waals surface area (Å²) in [5.41, 5.74) is 3.45. The quantitative estimate of drug-likeness (QED) is 0.864. The number of likely N-dealkylation sites (tertiary alicyclic amines) is 1. The van der Waals surface area contributed by atoms with E-state index in [1.807, 2.05) is 25.1 Å². The number of benzene rings is 2. The first kappa shape index (κ1) is 18.7. The number of nitrogens with zero attached hydrogens (tertiary/aromatic N) is 1. The number of hydrogen-bond donors (Lipinski definition) is 1. The molecule has 3 heteroatoms. The molecule has 1 N–H and O–H groups in total. The van der Waals surface area contributed by atoms with Crippen LogP contribution in [-0.2, 0) is 4.79 Å². The van der Waals surface area contributed by atoms with Gasteiger partial charge < -0.3 is 5.32 Å². The average molecular weight is 351 g/mol. The summed E-state index contributed by atoms with van der Waals surface area (Å²) in [6.45, 7) is 8.54. The average Bonchev–Trinajstić information content (AvgIpc) is 2.68. The molecule has 1 fully saturated rings. The molecule has 26 heavy (non-hydrogen) atoms. The Kier molecular flexibility index (Phi) is 6.10. The van der Waals surface area contributed by atoms with Gasteiger partial charge in [-0.3, -0.25) is 9.69 Å². The van der Waals surface area contributed by atoms with Crippen molar-refractivity contribution in [1.29, 1.82) is 0 Å². The molecule has 0 aromatic heterocycles. The van der Waals surface area contributed by atoms with E-state index in [1.54, 1.807) is 0 Å². The third kappa shape index (κ3) is 4.53. The van der Waals surface area contributed by atoms with E-state index < -0.39 is 0 Å². The van der Waals surface area contributed by atoms with Crippen molar-refractivity contribution in [3.05, 3.63) is 60.2 Å². The van der Waals surface area contributed by atoms with Gasteiger partial charge in [0.05, 0.1) is 5.92 Å². The molecule has 2 aromatic carbocycles. The van der Waals surface area contributed by atoms with Gasteiger partial charge in [0.2, 0.25) is 5.91 Å². The molecule has 1 saturated heterocycles. The van der Waals surface area contributed by atoms with Crippen molar-refractivity contribution in [2.24, 2.45) is 0 Å². The Morgan fingerprint density at radius 3 is 2.31 bits per heavy atom. The zero-order valence-corrected chi connectivity index (χ0v) is 16.1. The Hall–Kier alpha value is -2.13. The lowest BCUT2D eigenvalue weighted by molar-refractivity contribution is -0.123. The predicted octanol–water partition coefficient (Wildman–Crippen LogP) is 4.45. The van der Waals surface area contributed by atoms with Gasteiger partial charge in [0.1, 0.15) is 0 Å². The third-order valence-electron chi connectivity index (χ3n) is 5.44. The number of amides is 1. The Bertz CT molecular complexity index is 709. The van der Waals surface area contributed by atoms with Gasteiger partial charge in [0, 0.05) is 18.6 Å². The van der Waals surface area contributed by atoms with E-state index in [-0.39, 0.29) is 17.9 Å². The van der Waals surface area contributed by atoms with Crippen molar-refractivity contribution in [3.8, 4) is 11.1 Å². The number of carbonyl (C=O) groups excluding carboxylic acids is 1. The van der Waals surface area contributed by atoms with Crippen LogP contribution in [0.4, 0.5) is 0 Å². The van der Waals surface area contributed by atoms with E-state index in [1.165, 1.54) is 11.1 Å². The van der Waals surface area contributed by atoms with E-state index in [4.69, 9.17) is 0 Å². The Balaban J connectivity index is 1.61. The fraction of sp³-hybridized carbons (Fsp3) is 0.435. The van der Waals surface area contributed by atoms with E-state index in [9.17, 15) is 4.79 Å². The van der Waals surface area contributed by atoms with Crippen LogP contribution in [0.3, 0.4) is 0 Å². The number of rotatable bonds is 5. The van der Waals surface area contributed by atoms with Crippen LogP contribution in [0, 0.1) is 0 Å². The van der Waals surface area contributed by atoms with Crippen LogP contribution in [0.2, 0.25) is 0 Å². The summed E-state index contributed by atoms with van der Waals surface area (Å²) >= 11 is 0. The molecule has 0 bridgehead atoms. The lowest BCUT2D eigenvalue weighted by Gasteiger charge is -2.36. The van der Waals surface area contributed by atoms with E-state index in [2.05, 4.69) is 60.5 Å². The summed E-state index contributed by atoms with van der Waals surface area (Å²) in [5, 5.41) is 3.27. The fourth-order valence-corrected chi connectivity index (χ4v) is 3.67. The summed E-state index contributed by atoms with van der Waals surface area (Å²) in [6.07, 6.45) is 2.23. The molecule has 2 unspecified atom stereocenters. The van der Waals surface area contributed by atoms with Crippen LogP contribution < -0.4 is 5.32 Å². The van der Waals surface area contributed by atoms with Crippen molar-refractivity contribution in [2.75, 3.05) is 13.1 Å². The van der Waals surface area contributed by atoms with Crippen molar-refractivity contribution in [2.45, 2.75) is 51.6 Å². The summed E-state index contributed by atoms with van der Waals surface area (Å²) in [6, 6.07) is 19.5. The lowest BCUT2D eigenvalue weighted by atomic mass is 9.96. The highest BCUT2D eigenvalue weighted by Crippen LogP contribution is 2.23. The smallest absolute Gasteiger partial charge is 0.227 e. The summed E-state index contributed by atoms with van der Waals surface area (Å²) in [4.78, 5) is 15.2. The van der Waals surface area contributed by atoms with Gasteiger partial charge in [0.25, 0.3) is 0 Å². The second-order valence-electron chi connectivity index (χ2n) is 7.65. The van der Waals surface area contributed by atoms with Crippen LogP contribution in [0.1, 0.15) is 45.1 Å². The standard InChI is InChI=1S/C23H30N2O/c1-17(2)25-15-7-10-22(16-25)24-23(26)18(3)19-11-13-21(14-12-19)20-8-5-4-6-9-20/h4-6,8-9,11-14,17-18,22H,7,10,15-16H2,1-3H3,(H,24,26). The minimum atomic E-state index is -0.130. The summed E-state index contributed by atoms with van der Waals surface area (Å²) in [7, 11) is 0. The fourth-order valence-electron chi connectivity index (χ4n) is 3.67. The molecule has 3 rings (SSSR count). The Labute approximate surface area is 157 Å². The van der Waals surface area contributed by atoms with Gasteiger partial charge in [-0.25, -0.2) is 0 Å². The first-order valence-corrected chi connectivity index (χ1v) is 9.74. The second kappa shape index (κ2) is 8.50. The normalized spacial score (nSPS) is 19.3. The molecule has 1 aliphatic heterocycles. The SMILES string of the molecule is CC(C(=O)NC1CCCN(C(C)C)C1)c1ccc(-c2ccccc2)cc1. The third-order valence-corrected chi connectivity index (χ3v) is 5.44. The molecule has 3 nitrogen and oxygen atoms in total. The molecule has 0 spiro atoms. The van der Waals surface area contributed by atoms with E-state index >= 15 is 0 Å². The minimum absolute atomic E-state index is 0.130. The Morgan fingerprint density at radius 2 is 1.65 bits per heavy atom. The van der Waals surface area contributed by atoms with Crippen LogP contribution in [0.5, 0.6) is 0 Å². The van der Waals surface area contributed by atoms with Crippen molar-refractivity contribution >= 4 is 5.91 Å². The van der Waals surface area contributed by atoms with Gasteiger partial charge in [-0.05, 0) is 56.8 Å². The maximum atomic E-state index is 12.7. The molecule has 1 heterocycles. The highest BCUT2D eigenvalue weighted by molar-refractivity contribution is 5.83. The minimum Gasteiger partial charge on any atom is -0.352 e. The molecular weight excluding hydrogens is 320 g/mol. The van der Waals surface area contributed by atoms with Crippen LogP contribution in [0.15, 0.2) is 54.6 Å². The number of nitrogens with one attached hydrogen (secondary N) is 1. The molecule has 0 aliphatic carbocycles. The van der Waals surface area contributed by atoms with Crippen molar-refractivity contribution in [1.82, 2.24) is 10.2 Å². The number of piperidine rings is 1. The van der Waals surface area contributed by atoms with E-state index in [0.717, 1.165) is 31.5 Å². The predicted molar refractivity (Wildman–Crippen MR) is 108 cm³/mol. The molecule has 0 radical (unpaired) electrons. The maximum Gasteiger partial charge on any atom is 0.227 e. The molecular formula is C23H30N2O. The summed E-state index contributed by atoms with van der Waals surface area (Å²) in [5.74, 6) is 0.00215. The zero-order chi connectivity index (χ0) is 18.5. The van der Waals surface area contributed by atoms with Gasteiger partial charge in [-0.1, -0.05) is 54.6 Å². The molecule has 2 aromatic rings. The Morgan fingerprint density at radius 1 is 1.00 bits per heavy atom. The molecule has 0 saturated carbocycles. The van der Waals surface area contributed by atoms with Crippen molar-refractivity contribution < 1.29 is 4.79 Å². The van der Waals surface area contributed by atoms with Crippen LogP contribution in [-0.4, -0.2) is 36.0 Å². The van der Waals surface area contributed by atoms with E-state index in [0.29, 0.717) is 6.04 Å². The van der Waals surface area contributed by atoms with Gasteiger partial charge in [-0.15, -0.1) is 0 Å². The molecule has 1 aliphatic rings. The first-order valence-electron chi connectivity index (χ1n) is 9.74. The zero-order valence-electron chi connectivity index (χ0n) is 16.1.